The third-order valence-corrected chi connectivity index (χ3v) is 4.60. The van der Waals surface area contributed by atoms with Gasteiger partial charge in [-0.15, -0.1) is 0 Å². The molecule has 4 aromatic heterocycles. The van der Waals surface area contributed by atoms with Crippen molar-refractivity contribution in [3.8, 4) is 11.4 Å². The van der Waals surface area contributed by atoms with Gasteiger partial charge >= 0.3 is 5.97 Å². The molecule has 0 N–H and O–H groups in total. The van der Waals surface area contributed by atoms with E-state index in [0.717, 1.165) is 11.3 Å². The molecule has 0 spiro atoms. The number of ether oxygens (including phenoxy) is 1. The monoisotopic (exact) mass is 406 g/mol. The van der Waals surface area contributed by atoms with Crippen molar-refractivity contribution in [2.45, 2.75) is 46.3 Å². The van der Waals surface area contributed by atoms with Crippen LogP contribution in [0, 0.1) is 0 Å². The van der Waals surface area contributed by atoms with E-state index >= 15 is 0 Å². The lowest BCUT2D eigenvalue weighted by Gasteiger charge is -2.11. The molecule has 4 heterocycles. The minimum atomic E-state index is -0.492. The number of rotatable bonds is 6. The van der Waals surface area contributed by atoms with Gasteiger partial charge in [0.2, 0.25) is 5.82 Å². The highest BCUT2D eigenvalue weighted by molar-refractivity contribution is 6.02. The van der Waals surface area contributed by atoms with Crippen molar-refractivity contribution >= 4 is 17.0 Å². The number of nitrogens with zero attached hydrogens (tertiary/aromatic N) is 6. The van der Waals surface area contributed by atoms with E-state index in [4.69, 9.17) is 14.2 Å². The number of hydrogen-bond donors (Lipinski definition) is 0. The maximum atomic E-state index is 12.9. The predicted molar refractivity (Wildman–Crippen MR) is 109 cm³/mol. The summed E-state index contributed by atoms with van der Waals surface area (Å²) in [6.45, 7) is 7.95. The molecule has 0 amide bonds. The molecule has 154 valence electrons. The van der Waals surface area contributed by atoms with Crippen molar-refractivity contribution < 1.29 is 14.1 Å². The first-order valence-electron chi connectivity index (χ1n) is 9.72. The molecule has 4 aromatic rings. The van der Waals surface area contributed by atoms with E-state index in [1.807, 2.05) is 33.8 Å². The molecule has 0 radical (unpaired) electrons. The molecule has 0 saturated carbocycles. The van der Waals surface area contributed by atoms with Gasteiger partial charge in [0.1, 0.15) is 0 Å². The number of aromatic nitrogens is 6. The van der Waals surface area contributed by atoms with Crippen LogP contribution in [0.5, 0.6) is 0 Å². The summed E-state index contributed by atoms with van der Waals surface area (Å²) >= 11 is 0. The van der Waals surface area contributed by atoms with Crippen molar-refractivity contribution in [2.75, 3.05) is 0 Å². The molecule has 0 bridgehead atoms. The van der Waals surface area contributed by atoms with Crippen molar-refractivity contribution in [1.82, 2.24) is 29.9 Å². The number of pyridine rings is 2. The average Bonchev–Trinajstić information content (AvgIpc) is 3.39. The smallest absolute Gasteiger partial charge is 0.339 e. The zero-order valence-electron chi connectivity index (χ0n) is 17.2. The first kappa shape index (κ1) is 19.7. The van der Waals surface area contributed by atoms with Gasteiger partial charge in [0.05, 0.1) is 17.1 Å². The topological polar surface area (TPSA) is 109 Å². The van der Waals surface area contributed by atoms with Crippen LogP contribution < -0.4 is 0 Å². The van der Waals surface area contributed by atoms with E-state index in [2.05, 4.69) is 20.2 Å². The highest BCUT2D eigenvalue weighted by Gasteiger charge is 2.21. The molecule has 0 fully saturated rings. The first-order valence-corrected chi connectivity index (χ1v) is 9.72. The lowest BCUT2D eigenvalue weighted by Crippen LogP contribution is -2.10. The van der Waals surface area contributed by atoms with Crippen LogP contribution in [0.4, 0.5) is 0 Å². The van der Waals surface area contributed by atoms with Crippen molar-refractivity contribution in [3.63, 3.8) is 0 Å². The second-order valence-corrected chi connectivity index (χ2v) is 7.50. The van der Waals surface area contributed by atoms with Crippen LogP contribution in [-0.2, 0) is 11.3 Å². The highest BCUT2D eigenvalue weighted by Crippen LogP contribution is 2.25. The van der Waals surface area contributed by atoms with E-state index in [9.17, 15) is 4.79 Å². The fraction of sp³-hybridized carbons (Fsp3) is 0.333. The maximum absolute atomic E-state index is 12.9. The molecule has 0 aromatic carbocycles. The Kier molecular flexibility index (Phi) is 5.26. The van der Waals surface area contributed by atoms with Crippen LogP contribution in [0.25, 0.3) is 22.4 Å². The van der Waals surface area contributed by atoms with Crippen LogP contribution in [0.15, 0.2) is 41.3 Å². The number of esters is 1. The molecule has 30 heavy (non-hydrogen) atoms. The second kappa shape index (κ2) is 8.02. The van der Waals surface area contributed by atoms with Crippen LogP contribution >= 0.6 is 0 Å². The number of carbonyl (C=O) groups is 1. The molecule has 0 aliphatic heterocycles. The van der Waals surface area contributed by atoms with Gasteiger partial charge in [0, 0.05) is 29.7 Å². The lowest BCUT2D eigenvalue weighted by molar-refractivity contribution is 0.0432. The predicted octanol–water partition coefficient (Wildman–Crippen LogP) is 3.94. The van der Waals surface area contributed by atoms with Gasteiger partial charge in [-0.2, -0.15) is 10.1 Å². The molecule has 0 saturated heterocycles. The zero-order valence-corrected chi connectivity index (χ0v) is 17.2. The van der Waals surface area contributed by atoms with E-state index in [1.165, 1.54) is 0 Å². The lowest BCUT2D eigenvalue weighted by atomic mass is 10.1. The van der Waals surface area contributed by atoms with Gasteiger partial charge in [0.25, 0.3) is 5.89 Å². The minimum Gasteiger partial charge on any atom is -0.452 e. The van der Waals surface area contributed by atoms with Crippen LogP contribution in [0.3, 0.4) is 0 Å². The Bertz CT molecular complexity index is 1180. The Morgan fingerprint density at radius 1 is 1.20 bits per heavy atom. The van der Waals surface area contributed by atoms with Crippen LogP contribution in [0.2, 0.25) is 0 Å². The van der Waals surface area contributed by atoms with Crippen LogP contribution in [-0.4, -0.2) is 35.9 Å². The molecule has 9 nitrogen and oxygen atoms in total. The maximum Gasteiger partial charge on any atom is 0.339 e. The summed E-state index contributed by atoms with van der Waals surface area (Å²) in [4.78, 5) is 25.9. The van der Waals surface area contributed by atoms with Gasteiger partial charge in [-0.05, 0) is 38.0 Å². The molecule has 0 aliphatic carbocycles. The number of hydrogen-bond acceptors (Lipinski definition) is 8. The van der Waals surface area contributed by atoms with E-state index in [-0.39, 0.29) is 24.5 Å². The van der Waals surface area contributed by atoms with Gasteiger partial charge in [-0.25, -0.2) is 14.5 Å². The molecular weight excluding hydrogens is 384 g/mol. The van der Waals surface area contributed by atoms with Gasteiger partial charge < -0.3 is 9.26 Å². The quantitative estimate of drug-likeness (QED) is 0.443. The Morgan fingerprint density at radius 3 is 2.73 bits per heavy atom. The van der Waals surface area contributed by atoms with E-state index < -0.39 is 5.97 Å². The zero-order chi connectivity index (χ0) is 21.3. The molecule has 9 heteroatoms. The second-order valence-electron chi connectivity index (χ2n) is 7.50. The fourth-order valence-corrected chi connectivity index (χ4v) is 3.01. The molecule has 0 atom stereocenters. The Morgan fingerprint density at radius 2 is 2.03 bits per heavy atom. The summed E-state index contributed by atoms with van der Waals surface area (Å²) in [5.74, 6) is 0.249. The first-order chi connectivity index (χ1) is 14.4. The van der Waals surface area contributed by atoms with E-state index in [1.54, 1.807) is 35.4 Å². The summed E-state index contributed by atoms with van der Waals surface area (Å²) in [6, 6.07) is 5.48. The van der Waals surface area contributed by atoms with E-state index in [0.29, 0.717) is 22.4 Å². The summed E-state index contributed by atoms with van der Waals surface area (Å²) in [6.07, 6.45) is 4.94. The minimum absolute atomic E-state index is 0.116. The molecule has 0 unspecified atom stereocenters. The van der Waals surface area contributed by atoms with Gasteiger partial charge in [-0.3, -0.25) is 4.98 Å². The summed E-state index contributed by atoms with van der Waals surface area (Å²) in [5, 5.41) is 8.95. The van der Waals surface area contributed by atoms with Crippen LogP contribution in [0.1, 0.15) is 61.6 Å². The highest BCUT2D eigenvalue weighted by atomic mass is 16.6. The summed E-state index contributed by atoms with van der Waals surface area (Å²) in [5.41, 5.74) is 2.60. The third kappa shape index (κ3) is 3.78. The third-order valence-electron chi connectivity index (χ3n) is 4.60. The molecule has 4 rings (SSSR count). The number of carbonyl (C=O) groups excluding carboxylic acids is 1. The van der Waals surface area contributed by atoms with Crippen molar-refractivity contribution in [2.24, 2.45) is 0 Å². The van der Waals surface area contributed by atoms with Gasteiger partial charge in [-0.1, -0.05) is 19.0 Å². The normalized spacial score (nSPS) is 11.5. The Hall–Kier alpha value is -3.62. The summed E-state index contributed by atoms with van der Waals surface area (Å²) in [7, 11) is 0. The molecular formula is C21H22N6O3. The Balaban J connectivity index is 1.58. The molecule has 0 aliphatic rings. The Labute approximate surface area is 173 Å². The van der Waals surface area contributed by atoms with Crippen molar-refractivity contribution in [1.29, 1.82) is 0 Å². The van der Waals surface area contributed by atoms with Gasteiger partial charge in [0.15, 0.2) is 12.3 Å². The largest absolute Gasteiger partial charge is 0.452 e. The van der Waals surface area contributed by atoms with Crippen molar-refractivity contribution in [3.05, 3.63) is 53.9 Å². The fourth-order valence-electron chi connectivity index (χ4n) is 3.01. The standard InChI is InChI=1S/C21H22N6O3/c1-12(2)17-8-15(16-10-23-27(13(3)4)20(16)24-17)21(28)29-11-18-25-19(26-30-18)14-6-5-7-22-9-14/h5-10,12-13H,11H2,1-4H3. The SMILES string of the molecule is CC(C)c1cc(C(=O)OCc2nc(-c3cccnc3)no2)c2cnn(C(C)C)c2n1. The summed E-state index contributed by atoms with van der Waals surface area (Å²) < 4.78 is 12.5. The average molecular weight is 406 g/mol. The number of fused-ring (bicyclic) bond motifs is 1.